The maximum atomic E-state index is 13.3. The predicted octanol–water partition coefficient (Wildman–Crippen LogP) is 3.78. The molecule has 0 aromatic heterocycles. The number of carboxylic acids is 1. The summed E-state index contributed by atoms with van der Waals surface area (Å²) in [5, 5.41) is 14.7. The molecule has 0 saturated heterocycles. The molecule has 0 aliphatic carbocycles. The normalized spacial score (nSPS) is 15.6. The first-order valence-electron chi connectivity index (χ1n) is 9.51. The molecule has 1 amide bonds. The van der Waals surface area contributed by atoms with E-state index in [0.29, 0.717) is 23.6 Å². The number of carbonyl (C=O) groups is 2. The van der Waals surface area contributed by atoms with Crippen LogP contribution in [0.3, 0.4) is 0 Å². The third-order valence-electron chi connectivity index (χ3n) is 4.88. The average molecular weight is 414 g/mol. The van der Waals surface area contributed by atoms with Crippen molar-refractivity contribution in [3.63, 3.8) is 0 Å². The Labute approximate surface area is 173 Å². The van der Waals surface area contributed by atoms with E-state index in [0.717, 1.165) is 11.1 Å². The quantitative estimate of drug-likeness (QED) is 0.710. The monoisotopic (exact) mass is 414 g/mol. The van der Waals surface area contributed by atoms with Gasteiger partial charge in [0.15, 0.2) is 0 Å². The van der Waals surface area contributed by atoms with Crippen LogP contribution in [0.15, 0.2) is 47.6 Å². The maximum Gasteiger partial charge on any atom is 0.303 e. The van der Waals surface area contributed by atoms with Crippen molar-refractivity contribution in [2.75, 3.05) is 14.2 Å². The zero-order valence-corrected chi connectivity index (χ0v) is 16.8. The topological polar surface area (TPSA) is 88.4 Å². The Hall–Kier alpha value is -3.42. The molecule has 1 unspecified atom stereocenters. The van der Waals surface area contributed by atoms with Crippen LogP contribution in [0.5, 0.6) is 11.5 Å². The maximum absolute atomic E-state index is 13.3. The molecule has 0 bridgehead atoms. The van der Waals surface area contributed by atoms with Gasteiger partial charge in [0.2, 0.25) is 5.91 Å². The van der Waals surface area contributed by atoms with E-state index in [1.165, 1.54) is 17.1 Å². The number of halogens is 1. The van der Waals surface area contributed by atoms with E-state index >= 15 is 0 Å². The lowest BCUT2D eigenvalue weighted by Crippen LogP contribution is -2.27. The first kappa shape index (κ1) is 21.3. The SMILES string of the molecule is COc1cc(OC)cc(C2CC(c3ccc(F)cc3)=NN2C(=O)CCCC(=O)O)c1. The van der Waals surface area contributed by atoms with Crippen LogP contribution in [0.2, 0.25) is 0 Å². The van der Waals surface area contributed by atoms with Crippen LogP contribution in [0.4, 0.5) is 4.39 Å². The van der Waals surface area contributed by atoms with E-state index in [9.17, 15) is 14.0 Å². The van der Waals surface area contributed by atoms with Crippen molar-refractivity contribution in [3.05, 3.63) is 59.4 Å². The van der Waals surface area contributed by atoms with Gasteiger partial charge in [0.05, 0.1) is 26.0 Å². The van der Waals surface area contributed by atoms with E-state index in [-0.39, 0.29) is 31.0 Å². The Morgan fingerprint density at radius 3 is 2.30 bits per heavy atom. The minimum atomic E-state index is -0.950. The summed E-state index contributed by atoms with van der Waals surface area (Å²) in [5.41, 5.74) is 2.14. The van der Waals surface area contributed by atoms with Crippen LogP contribution in [0.1, 0.15) is 42.9 Å². The molecule has 30 heavy (non-hydrogen) atoms. The number of benzene rings is 2. The zero-order valence-electron chi connectivity index (χ0n) is 16.8. The number of hydrogen-bond donors (Lipinski definition) is 1. The van der Waals surface area contributed by atoms with Crippen LogP contribution >= 0.6 is 0 Å². The Balaban J connectivity index is 1.92. The largest absolute Gasteiger partial charge is 0.497 e. The number of hydrogen-bond acceptors (Lipinski definition) is 5. The highest BCUT2D eigenvalue weighted by Crippen LogP contribution is 2.37. The van der Waals surface area contributed by atoms with Crippen LogP contribution in [0, 0.1) is 5.82 Å². The highest BCUT2D eigenvalue weighted by atomic mass is 19.1. The minimum Gasteiger partial charge on any atom is -0.497 e. The molecule has 2 aromatic rings. The molecule has 0 saturated carbocycles. The summed E-state index contributed by atoms with van der Waals surface area (Å²) >= 11 is 0. The second-order valence-corrected chi connectivity index (χ2v) is 6.91. The summed E-state index contributed by atoms with van der Waals surface area (Å²) in [4.78, 5) is 23.6. The summed E-state index contributed by atoms with van der Waals surface area (Å²) in [6.45, 7) is 0. The van der Waals surface area contributed by atoms with E-state index in [2.05, 4.69) is 5.10 Å². The summed E-state index contributed by atoms with van der Waals surface area (Å²) in [5.74, 6) is -0.419. The van der Waals surface area contributed by atoms with Crippen molar-refractivity contribution in [3.8, 4) is 11.5 Å². The minimum absolute atomic E-state index is 0.0596. The second-order valence-electron chi connectivity index (χ2n) is 6.91. The lowest BCUT2D eigenvalue weighted by atomic mass is 9.97. The lowest BCUT2D eigenvalue weighted by molar-refractivity contribution is -0.137. The van der Waals surface area contributed by atoms with E-state index in [1.807, 2.05) is 12.1 Å². The third-order valence-corrected chi connectivity index (χ3v) is 4.88. The molecule has 2 aromatic carbocycles. The number of carbonyl (C=O) groups excluding carboxylic acids is 1. The number of hydrazone groups is 1. The summed E-state index contributed by atoms with van der Waals surface area (Å²) in [6.07, 6.45) is 0.614. The number of carboxylic acid groups (broad SMARTS) is 1. The van der Waals surface area contributed by atoms with Crippen molar-refractivity contribution in [1.82, 2.24) is 5.01 Å². The molecule has 158 valence electrons. The number of nitrogens with zero attached hydrogens (tertiary/aromatic N) is 2. The van der Waals surface area contributed by atoms with Gasteiger partial charge in [-0.25, -0.2) is 9.40 Å². The Bertz CT molecular complexity index is 936. The fourth-order valence-corrected chi connectivity index (χ4v) is 3.34. The smallest absolute Gasteiger partial charge is 0.303 e. The van der Waals surface area contributed by atoms with E-state index in [1.54, 1.807) is 32.4 Å². The standard InChI is InChI=1S/C22H23FN2O5/c1-29-17-10-15(11-18(12-17)30-2)20-13-19(14-6-8-16(23)9-7-14)24-25(20)21(26)4-3-5-22(27)28/h6-12,20H,3-5,13H2,1-2H3,(H,27,28). The third kappa shape index (κ3) is 4.94. The molecule has 1 aliphatic heterocycles. The number of methoxy groups -OCH3 is 2. The van der Waals surface area contributed by atoms with Crippen molar-refractivity contribution in [2.45, 2.75) is 31.7 Å². The highest BCUT2D eigenvalue weighted by molar-refractivity contribution is 6.03. The summed E-state index contributed by atoms with van der Waals surface area (Å²) in [7, 11) is 3.09. The first-order chi connectivity index (χ1) is 14.4. The number of amides is 1. The zero-order chi connectivity index (χ0) is 21.7. The number of aliphatic carboxylic acids is 1. The average Bonchev–Trinajstić information content (AvgIpc) is 3.19. The van der Waals surface area contributed by atoms with Gasteiger partial charge in [-0.05, 0) is 41.8 Å². The molecule has 7 nitrogen and oxygen atoms in total. The van der Waals surface area contributed by atoms with Crippen LogP contribution < -0.4 is 9.47 Å². The molecular formula is C22H23FN2O5. The van der Waals surface area contributed by atoms with Crippen molar-refractivity contribution in [2.24, 2.45) is 5.10 Å². The van der Waals surface area contributed by atoms with Crippen LogP contribution in [0.25, 0.3) is 0 Å². The van der Waals surface area contributed by atoms with Gasteiger partial charge in [0.25, 0.3) is 0 Å². The van der Waals surface area contributed by atoms with Crippen molar-refractivity contribution >= 4 is 17.6 Å². The van der Waals surface area contributed by atoms with Gasteiger partial charge in [-0.15, -0.1) is 0 Å². The summed E-state index contributed by atoms with van der Waals surface area (Å²) < 4.78 is 24.0. The summed E-state index contributed by atoms with van der Waals surface area (Å²) in [6, 6.07) is 10.9. The van der Waals surface area contributed by atoms with Crippen LogP contribution in [-0.4, -0.2) is 41.9 Å². The predicted molar refractivity (Wildman–Crippen MR) is 108 cm³/mol. The van der Waals surface area contributed by atoms with Crippen molar-refractivity contribution < 1.29 is 28.6 Å². The molecule has 0 radical (unpaired) electrons. The Kier molecular flexibility index (Phi) is 6.66. The molecule has 1 atom stereocenters. The van der Waals surface area contributed by atoms with Gasteiger partial charge >= 0.3 is 5.97 Å². The molecule has 1 N–H and O–H groups in total. The van der Waals surface area contributed by atoms with Gasteiger partial charge in [0.1, 0.15) is 17.3 Å². The van der Waals surface area contributed by atoms with E-state index < -0.39 is 12.0 Å². The Morgan fingerprint density at radius 2 is 1.73 bits per heavy atom. The molecule has 1 heterocycles. The van der Waals surface area contributed by atoms with Gasteiger partial charge < -0.3 is 14.6 Å². The first-order valence-corrected chi connectivity index (χ1v) is 9.51. The highest BCUT2D eigenvalue weighted by Gasteiger charge is 2.33. The van der Waals surface area contributed by atoms with Gasteiger partial charge in [-0.3, -0.25) is 9.59 Å². The van der Waals surface area contributed by atoms with Gasteiger partial charge in [-0.1, -0.05) is 12.1 Å². The number of ether oxygens (including phenoxy) is 2. The Morgan fingerprint density at radius 1 is 1.10 bits per heavy atom. The van der Waals surface area contributed by atoms with Gasteiger partial charge in [-0.2, -0.15) is 5.10 Å². The second kappa shape index (κ2) is 9.39. The van der Waals surface area contributed by atoms with Gasteiger partial charge in [0, 0.05) is 25.3 Å². The fraction of sp³-hybridized carbons (Fsp3) is 0.318. The molecule has 3 rings (SSSR count). The molecular weight excluding hydrogens is 391 g/mol. The van der Waals surface area contributed by atoms with Crippen molar-refractivity contribution in [1.29, 1.82) is 0 Å². The van der Waals surface area contributed by atoms with E-state index in [4.69, 9.17) is 14.6 Å². The number of rotatable bonds is 8. The molecule has 0 spiro atoms. The molecule has 1 aliphatic rings. The molecule has 0 fully saturated rings. The molecule has 8 heteroatoms. The fourth-order valence-electron chi connectivity index (χ4n) is 3.34. The lowest BCUT2D eigenvalue weighted by Gasteiger charge is -2.23. The van der Waals surface area contributed by atoms with Crippen LogP contribution in [-0.2, 0) is 9.59 Å².